The Morgan fingerprint density at radius 2 is 1.40 bits per heavy atom. The second kappa shape index (κ2) is 1.63. The number of hydrogen-bond acceptors (Lipinski definition) is 0. The van der Waals surface area contributed by atoms with Crippen molar-refractivity contribution in [3.05, 3.63) is 0 Å². The van der Waals surface area contributed by atoms with Gasteiger partial charge in [0.05, 0.1) is 0 Å². The van der Waals surface area contributed by atoms with Crippen LogP contribution in [0.3, 0.4) is 0 Å². The minimum absolute atomic E-state index is 0.847. The summed E-state index contributed by atoms with van der Waals surface area (Å²) in [6, 6.07) is 0. The van der Waals surface area contributed by atoms with Crippen molar-refractivity contribution in [2.75, 3.05) is 0 Å². The largest absolute Gasteiger partial charge is 0.0884 e. The molecular formula is C9H13Br. The molecule has 0 amide bonds. The third kappa shape index (κ3) is 0.628. The standard InChI is InChI=1S/C9H13Br/c10-8-5-9(8,6-1-2-6)7-3-4-7/h6-8H,1-5H2. The first-order valence-electron chi connectivity index (χ1n) is 4.48. The number of halogens is 1. The van der Waals surface area contributed by atoms with E-state index in [4.69, 9.17) is 0 Å². The van der Waals surface area contributed by atoms with E-state index in [1.165, 1.54) is 6.42 Å². The van der Waals surface area contributed by atoms with Crippen molar-refractivity contribution < 1.29 is 0 Å². The van der Waals surface area contributed by atoms with Crippen molar-refractivity contribution in [1.29, 1.82) is 0 Å². The molecule has 0 N–H and O–H groups in total. The van der Waals surface area contributed by atoms with Crippen LogP contribution in [0.15, 0.2) is 0 Å². The quantitative estimate of drug-likeness (QED) is 0.602. The Morgan fingerprint density at radius 3 is 1.60 bits per heavy atom. The van der Waals surface area contributed by atoms with Crippen LogP contribution in [-0.2, 0) is 0 Å². The van der Waals surface area contributed by atoms with Crippen LogP contribution in [0.5, 0.6) is 0 Å². The zero-order valence-corrected chi connectivity index (χ0v) is 7.73. The second-order valence-electron chi connectivity index (χ2n) is 4.33. The predicted octanol–water partition coefficient (Wildman–Crippen LogP) is 2.96. The molecule has 3 rings (SSSR count). The smallest absolute Gasteiger partial charge is 0.0213 e. The molecule has 1 heteroatoms. The molecule has 3 aliphatic rings. The summed E-state index contributed by atoms with van der Waals surface area (Å²) in [7, 11) is 0. The van der Waals surface area contributed by atoms with Crippen LogP contribution in [0.25, 0.3) is 0 Å². The summed E-state index contributed by atoms with van der Waals surface area (Å²) in [5, 5.41) is 0. The van der Waals surface area contributed by atoms with E-state index in [0.29, 0.717) is 0 Å². The molecule has 0 aliphatic heterocycles. The molecule has 3 fully saturated rings. The average molecular weight is 201 g/mol. The lowest BCUT2D eigenvalue weighted by molar-refractivity contribution is 0.384. The van der Waals surface area contributed by atoms with Gasteiger partial charge in [0.25, 0.3) is 0 Å². The van der Waals surface area contributed by atoms with Gasteiger partial charge in [-0.2, -0.15) is 0 Å². The molecule has 0 aromatic rings. The highest BCUT2D eigenvalue weighted by Gasteiger charge is 2.67. The van der Waals surface area contributed by atoms with Crippen LogP contribution in [0, 0.1) is 17.3 Å². The lowest BCUT2D eigenvalue weighted by Gasteiger charge is -2.12. The summed E-state index contributed by atoms with van der Waals surface area (Å²) >= 11 is 3.79. The van der Waals surface area contributed by atoms with Gasteiger partial charge in [0, 0.05) is 4.83 Å². The maximum absolute atomic E-state index is 3.79. The third-order valence-corrected chi connectivity index (χ3v) is 4.81. The zero-order valence-electron chi connectivity index (χ0n) is 6.15. The molecule has 1 atom stereocenters. The van der Waals surface area contributed by atoms with E-state index in [0.717, 1.165) is 22.1 Å². The predicted molar refractivity (Wildman–Crippen MR) is 45.2 cm³/mol. The molecule has 0 radical (unpaired) electrons. The monoisotopic (exact) mass is 200 g/mol. The van der Waals surface area contributed by atoms with Crippen molar-refractivity contribution in [1.82, 2.24) is 0 Å². The SMILES string of the molecule is BrC1CC1(C1CC1)C1CC1. The van der Waals surface area contributed by atoms with Gasteiger partial charge in [0.1, 0.15) is 0 Å². The van der Waals surface area contributed by atoms with Gasteiger partial charge >= 0.3 is 0 Å². The molecule has 10 heavy (non-hydrogen) atoms. The van der Waals surface area contributed by atoms with Gasteiger partial charge in [-0.3, -0.25) is 0 Å². The molecule has 0 saturated heterocycles. The lowest BCUT2D eigenvalue weighted by atomic mass is 9.95. The van der Waals surface area contributed by atoms with Gasteiger partial charge in [-0.15, -0.1) is 0 Å². The molecule has 0 heterocycles. The molecule has 0 aromatic heterocycles. The van der Waals surface area contributed by atoms with Crippen LogP contribution in [0.1, 0.15) is 32.1 Å². The van der Waals surface area contributed by atoms with Crippen molar-refractivity contribution in [3.8, 4) is 0 Å². The van der Waals surface area contributed by atoms with E-state index >= 15 is 0 Å². The molecule has 1 unspecified atom stereocenters. The van der Waals surface area contributed by atoms with E-state index in [2.05, 4.69) is 15.9 Å². The molecule has 0 spiro atoms. The first kappa shape index (κ1) is 6.05. The van der Waals surface area contributed by atoms with Crippen LogP contribution in [0.4, 0.5) is 0 Å². The highest BCUT2D eigenvalue weighted by molar-refractivity contribution is 9.09. The van der Waals surface area contributed by atoms with Crippen LogP contribution >= 0.6 is 15.9 Å². The van der Waals surface area contributed by atoms with E-state index in [1.54, 1.807) is 25.7 Å². The molecular weight excluding hydrogens is 188 g/mol. The lowest BCUT2D eigenvalue weighted by Crippen LogP contribution is -2.09. The van der Waals surface area contributed by atoms with Crippen molar-refractivity contribution >= 4 is 15.9 Å². The Kier molecular flexibility index (Phi) is 0.983. The first-order valence-corrected chi connectivity index (χ1v) is 5.39. The van der Waals surface area contributed by atoms with E-state index in [-0.39, 0.29) is 0 Å². The molecule has 0 aromatic carbocycles. The van der Waals surface area contributed by atoms with Crippen LogP contribution < -0.4 is 0 Å². The summed E-state index contributed by atoms with van der Waals surface area (Å²) in [5.74, 6) is 2.29. The Labute approximate surface area is 70.5 Å². The van der Waals surface area contributed by atoms with Gasteiger partial charge in [0.15, 0.2) is 0 Å². The van der Waals surface area contributed by atoms with E-state index < -0.39 is 0 Å². The van der Waals surface area contributed by atoms with E-state index in [9.17, 15) is 0 Å². The Morgan fingerprint density at radius 1 is 1.00 bits per heavy atom. The highest BCUT2D eigenvalue weighted by atomic mass is 79.9. The fraction of sp³-hybridized carbons (Fsp3) is 1.00. The summed E-state index contributed by atoms with van der Waals surface area (Å²) in [6.45, 7) is 0. The van der Waals surface area contributed by atoms with Crippen LogP contribution in [-0.4, -0.2) is 4.83 Å². The first-order chi connectivity index (χ1) is 4.84. The maximum atomic E-state index is 3.79. The summed E-state index contributed by atoms with van der Waals surface area (Å²) in [5.41, 5.74) is 0.847. The normalized spacial score (nSPS) is 43.5. The van der Waals surface area contributed by atoms with Crippen molar-refractivity contribution in [2.24, 2.45) is 17.3 Å². The number of alkyl halides is 1. The number of hydrogen-bond donors (Lipinski definition) is 0. The van der Waals surface area contributed by atoms with Gasteiger partial charge < -0.3 is 0 Å². The van der Waals surface area contributed by atoms with E-state index in [1.807, 2.05) is 0 Å². The summed E-state index contributed by atoms with van der Waals surface area (Å²) in [4.78, 5) is 0.917. The zero-order chi connectivity index (χ0) is 6.77. The Bertz CT molecular complexity index is 156. The van der Waals surface area contributed by atoms with Crippen molar-refractivity contribution in [3.63, 3.8) is 0 Å². The molecule has 3 saturated carbocycles. The molecule has 3 aliphatic carbocycles. The van der Waals surface area contributed by atoms with Gasteiger partial charge in [-0.1, -0.05) is 15.9 Å². The molecule has 0 nitrogen and oxygen atoms in total. The van der Waals surface area contributed by atoms with Crippen LogP contribution in [0.2, 0.25) is 0 Å². The summed E-state index contributed by atoms with van der Waals surface area (Å²) < 4.78 is 0. The minimum atomic E-state index is 0.847. The highest BCUT2D eigenvalue weighted by Crippen LogP contribution is 2.73. The third-order valence-electron chi connectivity index (χ3n) is 3.63. The molecule has 56 valence electrons. The van der Waals surface area contributed by atoms with Gasteiger partial charge in [-0.05, 0) is 49.4 Å². The van der Waals surface area contributed by atoms with Crippen molar-refractivity contribution in [2.45, 2.75) is 36.9 Å². The van der Waals surface area contributed by atoms with Gasteiger partial charge in [0.2, 0.25) is 0 Å². The Balaban J connectivity index is 1.83. The second-order valence-corrected chi connectivity index (χ2v) is 5.44. The van der Waals surface area contributed by atoms with Gasteiger partial charge in [-0.25, -0.2) is 0 Å². The maximum Gasteiger partial charge on any atom is 0.0213 e. The minimum Gasteiger partial charge on any atom is -0.0884 e. The number of rotatable bonds is 2. The fourth-order valence-corrected chi connectivity index (χ4v) is 3.98. The average Bonchev–Trinajstić information content (AvgIpc) is 2.71. The topological polar surface area (TPSA) is 0 Å². The molecule has 0 bridgehead atoms. The summed E-state index contributed by atoms with van der Waals surface area (Å²) in [6.07, 6.45) is 7.66. The fourth-order valence-electron chi connectivity index (χ4n) is 2.67. The Hall–Kier alpha value is 0.480.